The highest BCUT2D eigenvalue weighted by molar-refractivity contribution is 7.89. The van der Waals surface area contributed by atoms with Gasteiger partial charge in [0.2, 0.25) is 0 Å². The first kappa shape index (κ1) is 14.0. The third-order valence-electron chi connectivity index (χ3n) is 3.51. The number of imidazole rings is 1. The Bertz CT molecular complexity index is 572. The monoisotopic (exact) mass is 285 g/mol. The largest absolute Gasteiger partial charge is 0.386 e. The number of aryl methyl sites for hydroxylation is 1. The molecule has 19 heavy (non-hydrogen) atoms. The smallest absolute Gasteiger partial charge is 0.260 e. The molecule has 4 N–H and O–H groups in total. The topological polar surface area (TPSA) is 114 Å². The summed E-state index contributed by atoms with van der Waals surface area (Å²) in [6.07, 6.45) is 6.76. The van der Waals surface area contributed by atoms with Crippen LogP contribution in [0, 0.1) is 5.41 Å². The first-order valence-corrected chi connectivity index (χ1v) is 7.70. The van der Waals surface area contributed by atoms with E-state index in [0.717, 1.165) is 19.3 Å². The number of hydrogen-bond acceptors (Lipinski definition) is 4. The van der Waals surface area contributed by atoms with Gasteiger partial charge in [-0.1, -0.05) is 19.3 Å². The SMILES string of the molecule is Cn1cnc(S(=O)(=O)NC2(C(=N)N)CCCCC2)c1. The van der Waals surface area contributed by atoms with Crippen LogP contribution < -0.4 is 10.5 Å². The quantitative estimate of drug-likeness (QED) is 0.546. The molecule has 0 unspecified atom stereocenters. The molecule has 0 amide bonds. The zero-order valence-corrected chi connectivity index (χ0v) is 11.7. The predicted octanol–water partition coefficient (Wildman–Crippen LogP) is 0.337. The van der Waals surface area contributed by atoms with Crippen molar-refractivity contribution in [2.45, 2.75) is 42.7 Å². The molecule has 7 nitrogen and oxygen atoms in total. The molecule has 1 saturated carbocycles. The molecular weight excluding hydrogens is 266 g/mol. The van der Waals surface area contributed by atoms with Crippen LogP contribution in [0.3, 0.4) is 0 Å². The number of nitrogens with one attached hydrogen (secondary N) is 2. The molecule has 0 spiro atoms. The van der Waals surface area contributed by atoms with Gasteiger partial charge in [-0.3, -0.25) is 5.41 Å². The first-order valence-electron chi connectivity index (χ1n) is 6.22. The van der Waals surface area contributed by atoms with Crippen molar-refractivity contribution in [3.63, 3.8) is 0 Å². The second-order valence-corrected chi connectivity index (χ2v) is 6.67. The van der Waals surface area contributed by atoms with Gasteiger partial charge in [0, 0.05) is 13.2 Å². The summed E-state index contributed by atoms with van der Waals surface area (Å²) in [5.41, 5.74) is 4.67. The van der Waals surface area contributed by atoms with Crippen LogP contribution in [0.4, 0.5) is 0 Å². The van der Waals surface area contributed by atoms with Crippen molar-refractivity contribution >= 4 is 15.9 Å². The minimum atomic E-state index is -3.75. The summed E-state index contributed by atoms with van der Waals surface area (Å²) < 4.78 is 28.7. The molecule has 0 saturated heterocycles. The number of nitrogens with zero attached hydrogens (tertiary/aromatic N) is 2. The summed E-state index contributed by atoms with van der Waals surface area (Å²) in [6.45, 7) is 0. The van der Waals surface area contributed by atoms with E-state index in [1.54, 1.807) is 11.6 Å². The number of hydrogen-bond donors (Lipinski definition) is 3. The molecule has 0 aliphatic heterocycles. The maximum Gasteiger partial charge on any atom is 0.260 e. The predicted molar refractivity (Wildman–Crippen MR) is 71.3 cm³/mol. The van der Waals surface area contributed by atoms with Gasteiger partial charge in [0.05, 0.1) is 11.9 Å². The van der Waals surface area contributed by atoms with Gasteiger partial charge in [0.25, 0.3) is 10.0 Å². The third-order valence-corrected chi connectivity index (χ3v) is 4.93. The van der Waals surface area contributed by atoms with E-state index in [1.165, 1.54) is 12.5 Å². The lowest BCUT2D eigenvalue weighted by Gasteiger charge is -2.36. The normalized spacial score (nSPS) is 19.2. The molecule has 0 atom stereocenters. The van der Waals surface area contributed by atoms with Gasteiger partial charge in [0.15, 0.2) is 5.03 Å². The number of sulfonamides is 1. The summed E-state index contributed by atoms with van der Waals surface area (Å²) in [6, 6.07) is 0. The molecule has 1 aromatic heterocycles. The standard InChI is InChI=1S/C11H19N5O2S/c1-16-7-9(14-8-16)19(17,18)15-11(10(12)13)5-3-2-4-6-11/h7-8,15H,2-6H2,1H3,(H3,12,13). The molecule has 1 aliphatic carbocycles. The molecule has 1 aliphatic rings. The Balaban J connectivity index is 2.29. The molecule has 8 heteroatoms. The van der Waals surface area contributed by atoms with Gasteiger partial charge in [-0.2, -0.15) is 4.72 Å². The van der Waals surface area contributed by atoms with Gasteiger partial charge in [0.1, 0.15) is 5.84 Å². The number of amidine groups is 1. The van der Waals surface area contributed by atoms with E-state index in [-0.39, 0.29) is 10.9 Å². The zero-order valence-electron chi connectivity index (χ0n) is 10.9. The van der Waals surface area contributed by atoms with Crippen LogP contribution in [0.15, 0.2) is 17.6 Å². The van der Waals surface area contributed by atoms with Crippen LogP contribution in [0.2, 0.25) is 0 Å². The second kappa shape index (κ2) is 4.93. The van der Waals surface area contributed by atoms with E-state index < -0.39 is 15.6 Å². The van der Waals surface area contributed by atoms with Gasteiger partial charge < -0.3 is 10.3 Å². The highest BCUT2D eigenvalue weighted by Gasteiger charge is 2.39. The lowest BCUT2D eigenvalue weighted by atomic mass is 9.82. The fraction of sp³-hybridized carbons (Fsp3) is 0.636. The van der Waals surface area contributed by atoms with E-state index in [9.17, 15) is 8.42 Å². The van der Waals surface area contributed by atoms with Crippen LogP contribution in [0.5, 0.6) is 0 Å². The molecule has 0 aromatic carbocycles. The van der Waals surface area contributed by atoms with E-state index in [2.05, 4.69) is 9.71 Å². The minimum Gasteiger partial charge on any atom is -0.386 e. The summed E-state index contributed by atoms with van der Waals surface area (Å²) in [4.78, 5) is 3.84. The number of rotatable bonds is 4. The molecule has 0 bridgehead atoms. The molecular formula is C11H19N5O2S. The van der Waals surface area contributed by atoms with Crippen molar-refractivity contribution in [1.82, 2.24) is 14.3 Å². The lowest BCUT2D eigenvalue weighted by molar-refractivity contribution is 0.348. The molecule has 106 valence electrons. The summed E-state index contributed by atoms with van der Waals surface area (Å²) in [5.74, 6) is -0.119. The minimum absolute atomic E-state index is 0.0406. The van der Waals surface area contributed by atoms with Crippen LogP contribution in [-0.2, 0) is 17.1 Å². The van der Waals surface area contributed by atoms with Gasteiger partial charge in [-0.05, 0) is 12.8 Å². The average molecular weight is 285 g/mol. The van der Waals surface area contributed by atoms with Gasteiger partial charge in [-0.25, -0.2) is 13.4 Å². The Hall–Kier alpha value is -1.41. The van der Waals surface area contributed by atoms with E-state index in [1.807, 2.05) is 0 Å². The summed E-state index contributed by atoms with van der Waals surface area (Å²) >= 11 is 0. The highest BCUT2D eigenvalue weighted by atomic mass is 32.2. The molecule has 1 heterocycles. The molecule has 0 radical (unpaired) electrons. The second-order valence-electron chi connectivity index (χ2n) is 5.04. The van der Waals surface area contributed by atoms with Crippen molar-refractivity contribution in [2.75, 3.05) is 0 Å². The molecule has 1 fully saturated rings. The Morgan fingerprint density at radius 2 is 2.11 bits per heavy atom. The maximum absolute atomic E-state index is 12.3. The molecule has 2 rings (SSSR count). The summed E-state index contributed by atoms with van der Waals surface area (Å²) in [7, 11) is -2.04. The highest BCUT2D eigenvalue weighted by Crippen LogP contribution is 2.29. The lowest BCUT2D eigenvalue weighted by Crippen LogP contribution is -2.58. The fourth-order valence-corrected chi connectivity index (χ4v) is 3.84. The molecule has 1 aromatic rings. The fourth-order valence-electron chi connectivity index (χ4n) is 2.42. The Kier molecular flexibility index (Phi) is 3.64. The van der Waals surface area contributed by atoms with Crippen molar-refractivity contribution in [3.8, 4) is 0 Å². The van der Waals surface area contributed by atoms with E-state index >= 15 is 0 Å². The van der Waals surface area contributed by atoms with Crippen LogP contribution in [0.25, 0.3) is 0 Å². The average Bonchev–Trinajstić information content (AvgIpc) is 2.77. The van der Waals surface area contributed by atoms with Crippen LogP contribution >= 0.6 is 0 Å². The summed E-state index contributed by atoms with van der Waals surface area (Å²) in [5, 5.41) is 7.67. The van der Waals surface area contributed by atoms with Gasteiger partial charge >= 0.3 is 0 Å². The first-order chi connectivity index (χ1) is 8.86. The van der Waals surface area contributed by atoms with Crippen molar-refractivity contribution in [1.29, 1.82) is 5.41 Å². The van der Waals surface area contributed by atoms with Crippen molar-refractivity contribution in [2.24, 2.45) is 12.8 Å². The number of aromatic nitrogens is 2. The third kappa shape index (κ3) is 2.79. The zero-order chi connectivity index (χ0) is 14.1. The van der Waals surface area contributed by atoms with Crippen LogP contribution in [0.1, 0.15) is 32.1 Å². The Morgan fingerprint density at radius 1 is 1.47 bits per heavy atom. The van der Waals surface area contributed by atoms with E-state index in [4.69, 9.17) is 11.1 Å². The van der Waals surface area contributed by atoms with Gasteiger partial charge in [-0.15, -0.1) is 0 Å². The van der Waals surface area contributed by atoms with Crippen molar-refractivity contribution < 1.29 is 8.42 Å². The van der Waals surface area contributed by atoms with Crippen LogP contribution in [-0.4, -0.2) is 29.3 Å². The Morgan fingerprint density at radius 3 is 2.58 bits per heavy atom. The van der Waals surface area contributed by atoms with E-state index in [0.29, 0.717) is 12.8 Å². The van der Waals surface area contributed by atoms with Crippen molar-refractivity contribution in [3.05, 3.63) is 12.5 Å². The Labute approximate surface area is 112 Å². The maximum atomic E-state index is 12.3. The number of nitrogens with two attached hydrogens (primary N) is 1.